The van der Waals surface area contributed by atoms with E-state index < -0.39 is 0 Å². The summed E-state index contributed by atoms with van der Waals surface area (Å²) < 4.78 is 7.82. The Hall–Kier alpha value is -2.33. The predicted octanol–water partition coefficient (Wildman–Crippen LogP) is 4.23. The normalized spacial score (nSPS) is 12.6. The van der Waals surface area contributed by atoms with Gasteiger partial charge in [-0.2, -0.15) is 0 Å². The molecule has 0 bridgehead atoms. The number of hydrogen-bond donors (Lipinski definition) is 1. The number of benzene rings is 1. The van der Waals surface area contributed by atoms with Crippen molar-refractivity contribution >= 4 is 5.65 Å². The molecule has 0 amide bonds. The van der Waals surface area contributed by atoms with E-state index in [-0.39, 0.29) is 6.10 Å². The first-order valence-electron chi connectivity index (χ1n) is 9.02. The largest absolute Gasteiger partial charge is 0.491 e. The van der Waals surface area contributed by atoms with Crippen molar-refractivity contribution < 1.29 is 4.74 Å². The maximum Gasteiger partial charge on any atom is 0.136 e. The maximum atomic E-state index is 5.69. The first-order chi connectivity index (χ1) is 12.1. The molecule has 0 radical (unpaired) electrons. The van der Waals surface area contributed by atoms with Gasteiger partial charge in [-0.25, -0.2) is 4.98 Å². The Labute approximate surface area is 149 Å². The van der Waals surface area contributed by atoms with Gasteiger partial charge in [0, 0.05) is 18.8 Å². The maximum absolute atomic E-state index is 5.69. The third-order valence-electron chi connectivity index (χ3n) is 4.29. The zero-order chi connectivity index (χ0) is 17.6. The summed E-state index contributed by atoms with van der Waals surface area (Å²) in [6.07, 6.45) is 6.38. The zero-order valence-electron chi connectivity index (χ0n) is 15.3. The molecule has 0 aliphatic heterocycles. The average molecular weight is 337 g/mol. The topological polar surface area (TPSA) is 38.6 Å². The number of fused-ring (bicyclic) bond motifs is 1. The molecule has 0 aliphatic rings. The van der Waals surface area contributed by atoms with Crippen molar-refractivity contribution in [3.63, 3.8) is 0 Å². The van der Waals surface area contributed by atoms with Crippen LogP contribution in [0, 0.1) is 0 Å². The molecule has 0 aliphatic carbocycles. The quantitative estimate of drug-likeness (QED) is 0.668. The van der Waals surface area contributed by atoms with E-state index in [1.807, 2.05) is 38.2 Å². The lowest BCUT2D eigenvalue weighted by Gasteiger charge is -2.14. The van der Waals surface area contributed by atoms with Gasteiger partial charge in [0.05, 0.1) is 18.0 Å². The molecule has 2 heterocycles. The third-order valence-corrected chi connectivity index (χ3v) is 4.29. The van der Waals surface area contributed by atoms with Gasteiger partial charge in [-0.05, 0) is 63.4 Å². The van der Waals surface area contributed by atoms with Crippen LogP contribution in [0.3, 0.4) is 0 Å². The summed E-state index contributed by atoms with van der Waals surface area (Å²) in [7, 11) is 0. The highest BCUT2D eigenvalue weighted by Gasteiger charge is 2.06. The van der Waals surface area contributed by atoms with Crippen LogP contribution in [0.1, 0.15) is 38.4 Å². The Balaban J connectivity index is 1.47. The lowest BCUT2D eigenvalue weighted by Crippen LogP contribution is -2.26. The van der Waals surface area contributed by atoms with Crippen molar-refractivity contribution in [3.8, 4) is 5.75 Å². The van der Waals surface area contributed by atoms with Gasteiger partial charge >= 0.3 is 0 Å². The van der Waals surface area contributed by atoms with Crippen molar-refractivity contribution in [3.05, 3.63) is 66.1 Å². The molecule has 3 aromatic rings. The number of aryl methyl sites for hydroxylation is 1. The Morgan fingerprint density at radius 1 is 1.08 bits per heavy atom. The summed E-state index contributed by atoms with van der Waals surface area (Å²) in [5.41, 5.74) is 3.54. The predicted molar refractivity (Wildman–Crippen MR) is 102 cm³/mol. The van der Waals surface area contributed by atoms with Crippen molar-refractivity contribution in [2.24, 2.45) is 0 Å². The van der Waals surface area contributed by atoms with Crippen LogP contribution in [-0.2, 0) is 13.0 Å². The van der Waals surface area contributed by atoms with Crippen LogP contribution < -0.4 is 10.1 Å². The van der Waals surface area contributed by atoms with E-state index in [2.05, 4.69) is 52.1 Å². The van der Waals surface area contributed by atoms with Gasteiger partial charge in [-0.1, -0.05) is 18.2 Å². The summed E-state index contributed by atoms with van der Waals surface area (Å²) in [5, 5.41) is 3.60. The lowest BCUT2D eigenvalue weighted by atomic mass is 10.1. The van der Waals surface area contributed by atoms with Crippen molar-refractivity contribution in [2.75, 3.05) is 0 Å². The van der Waals surface area contributed by atoms with Gasteiger partial charge in [0.2, 0.25) is 0 Å². The second-order valence-corrected chi connectivity index (χ2v) is 6.81. The number of aromatic nitrogens is 2. The van der Waals surface area contributed by atoms with Crippen LogP contribution in [0.4, 0.5) is 0 Å². The molecule has 2 aromatic heterocycles. The van der Waals surface area contributed by atoms with E-state index in [1.54, 1.807) is 0 Å². The Bertz CT molecular complexity index is 792. The molecule has 25 heavy (non-hydrogen) atoms. The summed E-state index contributed by atoms with van der Waals surface area (Å²) >= 11 is 0. The second-order valence-electron chi connectivity index (χ2n) is 6.81. The third kappa shape index (κ3) is 4.83. The summed E-state index contributed by atoms with van der Waals surface area (Å²) in [6, 6.07) is 15.0. The van der Waals surface area contributed by atoms with Gasteiger partial charge in [0.15, 0.2) is 0 Å². The zero-order valence-corrected chi connectivity index (χ0v) is 15.3. The number of rotatable bonds is 8. The summed E-state index contributed by atoms with van der Waals surface area (Å²) in [5.74, 6) is 0.942. The number of imidazole rings is 1. The van der Waals surface area contributed by atoms with E-state index in [0.717, 1.165) is 30.8 Å². The molecule has 0 saturated carbocycles. The number of nitrogens with zero attached hydrogens (tertiary/aromatic N) is 2. The number of ether oxygens (including phenoxy) is 1. The molecule has 1 unspecified atom stereocenters. The molecule has 0 saturated heterocycles. The first-order valence-corrected chi connectivity index (χ1v) is 9.02. The van der Waals surface area contributed by atoms with E-state index >= 15 is 0 Å². The minimum Gasteiger partial charge on any atom is -0.491 e. The fourth-order valence-electron chi connectivity index (χ4n) is 2.89. The fraction of sp³-hybridized carbons (Fsp3) is 0.381. The van der Waals surface area contributed by atoms with Crippen LogP contribution in [0.5, 0.6) is 5.75 Å². The van der Waals surface area contributed by atoms with E-state index in [0.29, 0.717) is 6.04 Å². The van der Waals surface area contributed by atoms with Gasteiger partial charge in [-0.3, -0.25) is 0 Å². The van der Waals surface area contributed by atoms with E-state index in [1.165, 1.54) is 11.3 Å². The van der Waals surface area contributed by atoms with Crippen LogP contribution in [-0.4, -0.2) is 21.5 Å². The highest BCUT2D eigenvalue weighted by atomic mass is 16.5. The first kappa shape index (κ1) is 17.5. The fourth-order valence-corrected chi connectivity index (χ4v) is 2.89. The number of nitrogens with one attached hydrogen (secondary N) is 1. The molecule has 132 valence electrons. The molecule has 1 aromatic carbocycles. The van der Waals surface area contributed by atoms with Gasteiger partial charge in [-0.15, -0.1) is 0 Å². The van der Waals surface area contributed by atoms with Crippen LogP contribution in [0.2, 0.25) is 0 Å². The number of pyridine rings is 1. The highest BCUT2D eigenvalue weighted by molar-refractivity contribution is 5.39. The summed E-state index contributed by atoms with van der Waals surface area (Å²) in [6.45, 7) is 7.16. The molecule has 0 spiro atoms. The molecule has 4 heteroatoms. The van der Waals surface area contributed by atoms with Crippen molar-refractivity contribution in [1.82, 2.24) is 14.7 Å². The molecular formula is C21H27N3O. The Kier molecular flexibility index (Phi) is 5.71. The highest BCUT2D eigenvalue weighted by Crippen LogP contribution is 2.15. The van der Waals surface area contributed by atoms with Gasteiger partial charge in [0.25, 0.3) is 0 Å². The smallest absolute Gasteiger partial charge is 0.136 e. The summed E-state index contributed by atoms with van der Waals surface area (Å²) in [4.78, 5) is 4.43. The Morgan fingerprint density at radius 3 is 2.64 bits per heavy atom. The van der Waals surface area contributed by atoms with Crippen molar-refractivity contribution in [2.45, 2.75) is 52.3 Å². The van der Waals surface area contributed by atoms with Crippen LogP contribution in [0.25, 0.3) is 5.65 Å². The molecular weight excluding hydrogens is 310 g/mol. The molecule has 1 atom stereocenters. The monoisotopic (exact) mass is 337 g/mol. The molecule has 0 fully saturated rings. The van der Waals surface area contributed by atoms with Crippen LogP contribution >= 0.6 is 0 Å². The Morgan fingerprint density at radius 2 is 1.88 bits per heavy atom. The van der Waals surface area contributed by atoms with E-state index in [4.69, 9.17) is 4.74 Å². The van der Waals surface area contributed by atoms with E-state index in [9.17, 15) is 0 Å². The molecule has 3 rings (SSSR count). The number of hydrogen-bond acceptors (Lipinski definition) is 3. The standard InChI is InChI=1S/C21H27N3O/c1-16(2)25-20-11-9-18(10-12-20)8-7-17(3)22-14-19-15-23-21-6-4-5-13-24(19)21/h4-6,9-13,15-17,22H,7-8,14H2,1-3H3. The lowest BCUT2D eigenvalue weighted by molar-refractivity contribution is 0.242. The average Bonchev–Trinajstić information content (AvgIpc) is 3.02. The second kappa shape index (κ2) is 8.17. The molecule has 1 N–H and O–H groups in total. The minimum atomic E-state index is 0.217. The molecule has 4 nitrogen and oxygen atoms in total. The van der Waals surface area contributed by atoms with Crippen molar-refractivity contribution in [1.29, 1.82) is 0 Å². The van der Waals surface area contributed by atoms with Crippen LogP contribution in [0.15, 0.2) is 54.9 Å². The minimum absolute atomic E-state index is 0.217. The van der Waals surface area contributed by atoms with Gasteiger partial charge in [0.1, 0.15) is 11.4 Å². The SMILES string of the molecule is CC(CCc1ccc(OC(C)C)cc1)NCc1cnc2ccccn12. The van der Waals surface area contributed by atoms with Gasteiger partial charge < -0.3 is 14.5 Å².